The maximum Gasteiger partial charge on any atom is 0.416 e. The minimum Gasteiger partial charge on any atom is -0.338 e. The molecule has 1 atom stereocenters. The molecule has 1 saturated heterocycles. The molecule has 1 amide bonds. The molecule has 2 aromatic carbocycles. The second-order valence-corrected chi connectivity index (χ2v) is 9.49. The summed E-state index contributed by atoms with van der Waals surface area (Å²) in [5.74, 6) is -0.235. The van der Waals surface area contributed by atoms with Crippen molar-refractivity contribution in [2.24, 2.45) is 0 Å². The van der Waals surface area contributed by atoms with Gasteiger partial charge in [0.1, 0.15) is 0 Å². The number of amides is 1. The highest BCUT2D eigenvalue weighted by atomic mass is 32.2. The van der Waals surface area contributed by atoms with Gasteiger partial charge in [-0.2, -0.15) is 22.6 Å². The second kappa shape index (κ2) is 8.99. The van der Waals surface area contributed by atoms with Crippen molar-refractivity contribution in [2.45, 2.75) is 17.1 Å². The highest BCUT2D eigenvalue weighted by Crippen LogP contribution is 2.31. The molecule has 1 aliphatic rings. The third-order valence-electron chi connectivity index (χ3n) is 5.49. The minimum absolute atomic E-state index is 0.0229. The van der Waals surface area contributed by atoms with Crippen LogP contribution in [-0.4, -0.2) is 59.5 Å². The zero-order valence-electron chi connectivity index (χ0n) is 17.4. The van der Waals surface area contributed by atoms with Crippen LogP contribution in [0.1, 0.15) is 17.2 Å². The van der Waals surface area contributed by atoms with Gasteiger partial charge in [-0.25, -0.2) is 8.42 Å². The maximum absolute atomic E-state index is 13.4. The van der Waals surface area contributed by atoms with Crippen LogP contribution in [0.4, 0.5) is 13.2 Å². The van der Waals surface area contributed by atoms with E-state index in [1.54, 1.807) is 28.0 Å². The van der Waals surface area contributed by atoms with Gasteiger partial charge in [-0.3, -0.25) is 9.48 Å². The Labute approximate surface area is 189 Å². The SMILES string of the molecule is O=C(C(c1ccccc1)n1cccn1)N1CCN(S(=O)(=O)c2cccc(C(F)(F)F)c2)CC1. The van der Waals surface area contributed by atoms with Crippen molar-refractivity contribution in [1.29, 1.82) is 0 Å². The van der Waals surface area contributed by atoms with Crippen LogP contribution in [0.2, 0.25) is 0 Å². The standard InChI is InChI=1S/C22H21F3N4O3S/c23-22(24,25)18-8-4-9-19(16-18)33(31,32)28-14-12-27(13-15-28)21(30)20(29-11-5-10-26-29)17-6-2-1-3-7-17/h1-11,16,20H,12-15H2. The van der Waals surface area contributed by atoms with E-state index in [0.717, 1.165) is 28.1 Å². The Morgan fingerprint density at radius 1 is 0.939 bits per heavy atom. The van der Waals surface area contributed by atoms with Crippen LogP contribution in [0.3, 0.4) is 0 Å². The Bertz CT molecular complexity index is 1210. The smallest absolute Gasteiger partial charge is 0.338 e. The molecule has 4 rings (SSSR count). The maximum atomic E-state index is 13.4. The fourth-order valence-corrected chi connectivity index (χ4v) is 5.25. The van der Waals surface area contributed by atoms with Crippen molar-refractivity contribution in [3.8, 4) is 0 Å². The molecule has 33 heavy (non-hydrogen) atoms. The van der Waals surface area contributed by atoms with Gasteiger partial charge in [-0.05, 0) is 29.8 Å². The number of halogens is 3. The zero-order chi connectivity index (χ0) is 23.6. The first kappa shape index (κ1) is 23.0. The van der Waals surface area contributed by atoms with Crippen molar-refractivity contribution >= 4 is 15.9 Å². The molecule has 0 bridgehead atoms. The van der Waals surface area contributed by atoms with Crippen LogP contribution in [0, 0.1) is 0 Å². The number of nitrogens with zero attached hydrogens (tertiary/aromatic N) is 4. The first-order valence-corrected chi connectivity index (χ1v) is 11.6. The fraction of sp³-hybridized carbons (Fsp3) is 0.273. The molecular formula is C22H21F3N4O3S. The van der Waals surface area contributed by atoms with E-state index in [1.165, 1.54) is 0 Å². The highest BCUT2D eigenvalue weighted by Gasteiger charge is 2.36. The molecule has 1 unspecified atom stereocenters. The predicted molar refractivity (Wildman–Crippen MR) is 114 cm³/mol. The van der Waals surface area contributed by atoms with Gasteiger partial charge in [-0.1, -0.05) is 36.4 Å². The van der Waals surface area contributed by atoms with E-state index in [9.17, 15) is 26.4 Å². The number of rotatable bonds is 5. The summed E-state index contributed by atoms with van der Waals surface area (Å²) >= 11 is 0. The number of benzene rings is 2. The molecule has 0 saturated carbocycles. The highest BCUT2D eigenvalue weighted by molar-refractivity contribution is 7.89. The second-order valence-electron chi connectivity index (χ2n) is 7.55. The monoisotopic (exact) mass is 478 g/mol. The molecule has 0 radical (unpaired) electrons. The van der Waals surface area contributed by atoms with E-state index in [1.807, 2.05) is 30.3 Å². The van der Waals surface area contributed by atoms with Gasteiger partial charge in [0.2, 0.25) is 10.0 Å². The third-order valence-corrected chi connectivity index (χ3v) is 7.38. The number of alkyl halides is 3. The molecule has 0 spiro atoms. The summed E-state index contributed by atoms with van der Waals surface area (Å²) in [7, 11) is -4.13. The van der Waals surface area contributed by atoms with Crippen molar-refractivity contribution in [1.82, 2.24) is 19.0 Å². The van der Waals surface area contributed by atoms with Crippen LogP contribution in [-0.2, 0) is 21.0 Å². The Morgan fingerprint density at radius 2 is 1.64 bits per heavy atom. The molecule has 7 nitrogen and oxygen atoms in total. The molecule has 1 aromatic heterocycles. The first-order chi connectivity index (χ1) is 15.7. The van der Waals surface area contributed by atoms with Gasteiger partial charge in [0, 0.05) is 38.6 Å². The van der Waals surface area contributed by atoms with Gasteiger partial charge >= 0.3 is 6.18 Å². The summed E-state index contributed by atoms with van der Waals surface area (Å²) in [6.45, 7) is 0.180. The van der Waals surface area contributed by atoms with Gasteiger partial charge in [-0.15, -0.1) is 0 Å². The Morgan fingerprint density at radius 3 is 2.24 bits per heavy atom. The lowest BCUT2D eigenvalue weighted by molar-refractivity contribution is -0.138. The fourth-order valence-electron chi connectivity index (χ4n) is 3.78. The van der Waals surface area contributed by atoms with Crippen molar-refractivity contribution < 1.29 is 26.4 Å². The van der Waals surface area contributed by atoms with Gasteiger partial charge in [0.05, 0.1) is 10.5 Å². The lowest BCUT2D eigenvalue weighted by Gasteiger charge is -2.36. The average Bonchev–Trinajstić information content (AvgIpc) is 3.34. The molecule has 11 heteroatoms. The molecule has 3 aromatic rings. The molecule has 0 N–H and O–H groups in total. The van der Waals surface area contributed by atoms with Crippen LogP contribution >= 0.6 is 0 Å². The lowest BCUT2D eigenvalue weighted by Crippen LogP contribution is -2.52. The van der Waals surface area contributed by atoms with Gasteiger partial charge < -0.3 is 4.90 Å². The van der Waals surface area contributed by atoms with Crippen LogP contribution < -0.4 is 0 Å². The largest absolute Gasteiger partial charge is 0.416 e. The summed E-state index contributed by atoms with van der Waals surface area (Å²) in [4.78, 5) is 14.5. The van der Waals surface area contributed by atoms with E-state index in [-0.39, 0.29) is 32.1 Å². The van der Waals surface area contributed by atoms with Crippen molar-refractivity contribution in [2.75, 3.05) is 26.2 Å². The van der Waals surface area contributed by atoms with Gasteiger partial charge in [0.25, 0.3) is 5.91 Å². The topological polar surface area (TPSA) is 75.5 Å². The van der Waals surface area contributed by atoms with E-state index < -0.39 is 32.7 Å². The molecule has 2 heterocycles. The molecule has 0 aliphatic carbocycles. The third kappa shape index (κ3) is 4.79. The number of carbonyl (C=O) groups is 1. The summed E-state index contributed by atoms with van der Waals surface area (Å²) in [5, 5.41) is 4.20. The number of hydrogen-bond donors (Lipinski definition) is 0. The van der Waals surface area contributed by atoms with Crippen molar-refractivity contribution in [3.05, 3.63) is 84.2 Å². The number of carbonyl (C=O) groups excluding carboxylic acids is 1. The summed E-state index contributed by atoms with van der Waals surface area (Å²) in [6, 6.07) is 13.8. The van der Waals surface area contributed by atoms with Crippen LogP contribution in [0.15, 0.2) is 78.0 Å². The van der Waals surface area contributed by atoms with E-state index in [4.69, 9.17) is 0 Å². The summed E-state index contributed by atoms with van der Waals surface area (Å²) in [6.07, 6.45) is -1.39. The number of hydrogen-bond acceptors (Lipinski definition) is 4. The van der Waals surface area contributed by atoms with Crippen LogP contribution in [0.25, 0.3) is 0 Å². The quantitative estimate of drug-likeness (QED) is 0.565. The van der Waals surface area contributed by atoms with E-state index in [0.29, 0.717) is 6.07 Å². The predicted octanol–water partition coefficient (Wildman–Crippen LogP) is 3.02. The number of sulfonamides is 1. The first-order valence-electron chi connectivity index (χ1n) is 10.2. The molecule has 1 fully saturated rings. The minimum atomic E-state index is -4.64. The average molecular weight is 478 g/mol. The van der Waals surface area contributed by atoms with Crippen molar-refractivity contribution in [3.63, 3.8) is 0 Å². The molecule has 174 valence electrons. The summed E-state index contributed by atoms with van der Waals surface area (Å²) in [5.41, 5.74) is -0.285. The number of piperazine rings is 1. The number of aromatic nitrogens is 2. The Hall–Kier alpha value is -3.18. The van der Waals surface area contributed by atoms with Crippen LogP contribution in [0.5, 0.6) is 0 Å². The van der Waals surface area contributed by atoms with E-state index in [2.05, 4.69) is 5.10 Å². The van der Waals surface area contributed by atoms with Gasteiger partial charge in [0.15, 0.2) is 6.04 Å². The van der Waals surface area contributed by atoms with E-state index >= 15 is 0 Å². The zero-order valence-corrected chi connectivity index (χ0v) is 18.2. The normalized spacial score (nSPS) is 16.5. The Kier molecular flexibility index (Phi) is 6.26. The lowest BCUT2D eigenvalue weighted by atomic mass is 10.1. The molecular weight excluding hydrogens is 457 g/mol. The Balaban J connectivity index is 1.51. The molecule has 1 aliphatic heterocycles. The summed E-state index contributed by atoms with van der Waals surface area (Å²) < 4.78 is 67.5.